The van der Waals surface area contributed by atoms with Crippen molar-refractivity contribution in [3.05, 3.63) is 40.1 Å². The van der Waals surface area contributed by atoms with Gasteiger partial charge in [-0.1, -0.05) is 11.6 Å². The standard InChI is InChI=1S/C16H16ClNO7/c1-22-14(19)9-4-5-12(11(17)6-9)18-8-25-7-10(15(20)23-2)13(18)16(21)24-3/h4-6H,7-8H2,1-3H3. The number of ether oxygens (including phenoxy) is 4. The monoisotopic (exact) mass is 369 g/mol. The molecule has 1 aromatic rings. The van der Waals surface area contributed by atoms with Crippen molar-refractivity contribution in [2.75, 3.05) is 39.6 Å². The van der Waals surface area contributed by atoms with Crippen molar-refractivity contribution in [3.63, 3.8) is 0 Å². The second-order valence-electron chi connectivity index (χ2n) is 4.87. The molecule has 0 saturated carbocycles. The van der Waals surface area contributed by atoms with Crippen LogP contribution in [-0.4, -0.2) is 52.6 Å². The fourth-order valence-electron chi connectivity index (χ4n) is 2.30. The first-order valence-electron chi connectivity index (χ1n) is 7.07. The van der Waals surface area contributed by atoms with E-state index in [1.54, 1.807) is 0 Å². The van der Waals surface area contributed by atoms with Crippen LogP contribution in [0.1, 0.15) is 10.4 Å². The van der Waals surface area contributed by atoms with E-state index in [2.05, 4.69) is 9.47 Å². The lowest BCUT2D eigenvalue weighted by atomic mass is 10.1. The smallest absolute Gasteiger partial charge is 0.355 e. The molecule has 0 amide bonds. The Hall–Kier alpha value is -2.58. The molecule has 0 N–H and O–H groups in total. The third-order valence-electron chi connectivity index (χ3n) is 3.49. The second-order valence-corrected chi connectivity index (χ2v) is 5.28. The third-order valence-corrected chi connectivity index (χ3v) is 3.80. The van der Waals surface area contributed by atoms with Crippen molar-refractivity contribution in [1.82, 2.24) is 0 Å². The van der Waals surface area contributed by atoms with E-state index >= 15 is 0 Å². The highest BCUT2D eigenvalue weighted by molar-refractivity contribution is 6.33. The zero-order valence-corrected chi connectivity index (χ0v) is 14.6. The van der Waals surface area contributed by atoms with Crippen LogP contribution in [0, 0.1) is 0 Å². The maximum absolute atomic E-state index is 12.2. The predicted molar refractivity (Wildman–Crippen MR) is 87.1 cm³/mol. The van der Waals surface area contributed by atoms with Crippen LogP contribution < -0.4 is 4.90 Å². The first-order valence-corrected chi connectivity index (χ1v) is 7.45. The Morgan fingerprint density at radius 1 is 1.04 bits per heavy atom. The molecule has 1 heterocycles. The van der Waals surface area contributed by atoms with Crippen LogP contribution in [0.5, 0.6) is 0 Å². The molecule has 9 heteroatoms. The lowest BCUT2D eigenvalue weighted by Gasteiger charge is -2.31. The summed E-state index contributed by atoms with van der Waals surface area (Å²) in [4.78, 5) is 37.1. The van der Waals surface area contributed by atoms with Gasteiger partial charge in [0, 0.05) is 0 Å². The van der Waals surface area contributed by atoms with Crippen molar-refractivity contribution in [2.24, 2.45) is 0 Å². The van der Waals surface area contributed by atoms with Gasteiger partial charge in [0.25, 0.3) is 0 Å². The van der Waals surface area contributed by atoms with E-state index in [4.69, 9.17) is 21.1 Å². The van der Waals surface area contributed by atoms with E-state index in [-0.39, 0.29) is 35.2 Å². The molecular weight excluding hydrogens is 354 g/mol. The topological polar surface area (TPSA) is 91.4 Å². The molecular formula is C16H16ClNO7. The lowest BCUT2D eigenvalue weighted by Crippen LogP contribution is -2.39. The number of benzene rings is 1. The van der Waals surface area contributed by atoms with Crippen LogP contribution >= 0.6 is 11.6 Å². The molecule has 0 saturated heterocycles. The minimum atomic E-state index is -0.739. The fourth-order valence-corrected chi connectivity index (χ4v) is 2.59. The number of hydrogen-bond donors (Lipinski definition) is 0. The summed E-state index contributed by atoms with van der Waals surface area (Å²) >= 11 is 6.24. The summed E-state index contributed by atoms with van der Waals surface area (Å²) in [7, 11) is 3.64. The number of carbonyl (C=O) groups is 3. The van der Waals surface area contributed by atoms with E-state index in [0.29, 0.717) is 5.69 Å². The second kappa shape index (κ2) is 8.00. The molecule has 0 fully saturated rings. The number of esters is 3. The normalized spacial score (nSPS) is 14.2. The largest absolute Gasteiger partial charge is 0.466 e. The Labute approximate surface area is 148 Å². The molecule has 1 aromatic carbocycles. The number of methoxy groups -OCH3 is 3. The molecule has 0 unspecified atom stereocenters. The number of halogens is 1. The Morgan fingerprint density at radius 3 is 2.24 bits per heavy atom. The predicted octanol–water partition coefficient (Wildman–Crippen LogP) is 1.52. The van der Waals surface area contributed by atoms with Crippen LogP contribution in [0.25, 0.3) is 0 Å². The van der Waals surface area contributed by atoms with E-state index in [0.717, 1.165) is 0 Å². The van der Waals surface area contributed by atoms with Gasteiger partial charge in [0.2, 0.25) is 0 Å². The molecule has 134 valence electrons. The Balaban J connectivity index is 2.54. The Kier molecular flexibility index (Phi) is 6.00. The van der Waals surface area contributed by atoms with Crippen molar-refractivity contribution in [2.45, 2.75) is 0 Å². The average Bonchev–Trinajstić information content (AvgIpc) is 2.65. The summed E-state index contributed by atoms with van der Waals surface area (Å²) in [5.74, 6) is -2.01. The fraction of sp³-hybridized carbons (Fsp3) is 0.312. The van der Waals surface area contributed by atoms with E-state index in [9.17, 15) is 14.4 Å². The number of anilines is 1. The molecule has 0 aromatic heterocycles. The van der Waals surface area contributed by atoms with Crippen LogP contribution in [0.15, 0.2) is 29.5 Å². The minimum Gasteiger partial charge on any atom is -0.466 e. The van der Waals surface area contributed by atoms with Gasteiger partial charge in [0.1, 0.15) is 12.4 Å². The average molecular weight is 370 g/mol. The molecule has 8 nitrogen and oxygen atoms in total. The summed E-state index contributed by atoms with van der Waals surface area (Å²) in [5.41, 5.74) is 0.573. The van der Waals surface area contributed by atoms with Gasteiger partial charge in [-0.25, -0.2) is 14.4 Å². The van der Waals surface area contributed by atoms with Gasteiger partial charge < -0.3 is 23.8 Å². The zero-order chi connectivity index (χ0) is 18.6. The van der Waals surface area contributed by atoms with Gasteiger partial charge in [0.05, 0.1) is 49.8 Å². The summed E-state index contributed by atoms with van der Waals surface area (Å²) in [6, 6.07) is 4.39. The van der Waals surface area contributed by atoms with Gasteiger partial charge in [-0.2, -0.15) is 0 Å². The maximum atomic E-state index is 12.2. The van der Waals surface area contributed by atoms with Gasteiger partial charge in [-0.15, -0.1) is 0 Å². The van der Waals surface area contributed by atoms with Crippen molar-refractivity contribution >= 4 is 35.2 Å². The molecule has 0 radical (unpaired) electrons. The third kappa shape index (κ3) is 3.75. The number of rotatable bonds is 4. The van der Waals surface area contributed by atoms with E-state index in [1.807, 2.05) is 0 Å². The number of carbonyl (C=O) groups excluding carboxylic acids is 3. The minimum absolute atomic E-state index is 0.00807. The molecule has 0 atom stereocenters. The molecule has 1 aliphatic heterocycles. The molecule has 0 spiro atoms. The molecule has 2 rings (SSSR count). The maximum Gasteiger partial charge on any atom is 0.355 e. The van der Waals surface area contributed by atoms with Crippen LogP contribution in [-0.2, 0) is 28.5 Å². The van der Waals surface area contributed by atoms with Gasteiger partial charge >= 0.3 is 17.9 Å². The highest BCUT2D eigenvalue weighted by Crippen LogP contribution is 2.33. The number of hydrogen-bond acceptors (Lipinski definition) is 8. The highest BCUT2D eigenvalue weighted by Gasteiger charge is 2.33. The van der Waals surface area contributed by atoms with Gasteiger partial charge in [0.15, 0.2) is 0 Å². The molecule has 0 aliphatic carbocycles. The Bertz CT molecular complexity index is 744. The van der Waals surface area contributed by atoms with Gasteiger partial charge in [-0.3, -0.25) is 0 Å². The lowest BCUT2D eigenvalue weighted by molar-refractivity contribution is -0.140. The van der Waals surface area contributed by atoms with Crippen molar-refractivity contribution < 1.29 is 33.3 Å². The first kappa shape index (κ1) is 18.8. The zero-order valence-electron chi connectivity index (χ0n) is 13.8. The molecule has 1 aliphatic rings. The molecule has 25 heavy (non-hydrogen) atoms. The summed E-state index contributed by atoms with van der Waals surface area (Å²) in [5, 5.41) is 0.166. The quantitative estimate of drug-likeness (QED) is 0.582. The summed E-state index contributed by atoms with van der Waals surface area (Å²) in [6.07, 6.45) is 0. The first-order chi connectivity index (χ1) is 11.9. The molecule has 0 bridgehead atoms. The van der Waals surface area contributed by atoms with E-state index < -0.39 is 17.9 Å². The SMILES string of the molecule is COC(=O)C1=C(C(=O)OC)N(c2ccc(C(=O)OC)cc2Cl)COC1. The number of nitrogens with zero attached hydrogens (tertiary/aromatic N) is 1. The van der Waals surface area contributed by atoms with E-state index in [1.165, 1.54) is 44.4 Å². The van der Waals surface area contributed by atoms with Crippen molar-refractivity contribution in [3.8, 4) is 0 Å². The Morgan fingerprint density at radius 2 is 1.68 bits per heavy atom. The summed E-state index contributed by atoms with van der Waals surface area (Å²) in [6.45, 7) is -0.145. The highest BCUT2D eigenvalue weighted by atomic mass is 35.5. The van der Waals surface area contributed by atoms with Crippen molar-refractivity contribution in [1.29, 1.82) is 0 Å². The summed E-state index contributed by atoms with van der Waals surface area (Å²) < 4.78 is 19.5. The van der Waals surface area contributed by atoms with Crippen LogP contribution in [0.4, 0.5) is 5.69 Å². The van der Waals surface area contributed by atoms with Gasteiger partial charge in [-0.05, 0) is 18.2 Å². The van der Waals surface area contributed by atoms with Crippen LogP contribution in [0.2, 0.25) is 5.02 Å². The van der Waals surface area contributed by atoms with Crippen LogP contribution in [0.3, 0.4) is 0 Å².